The molecule has 1 aromatic rings. The molecule has 1 atom stereocenters. The molecule has 0 fully saturated rings. The molecule has 0 aliphatic carbocycles. The number of aliphatic hydroxyl groups is 1. The molecular weight excluding hydrogens is 213 g/mol. The van der Waals surface area contributed by atoms with E-state index in [4.69, 9.17) is 0 Å². The van der Waals surface area contributed by atoms with E-state index in [1.54, 1.807) is 12.1 Å². The molecule has 14 heavy (non-hydrogen) atoms. The summed E-state index contributed by atoms with van der Waals surface area (Å²) in [7, 11) is 0. The van der Waals surface area contributed by atoms with E-state index < -0.39 is 18.7 Å². The summed E-state index contributed by atoms with van der Waals surface area (Å²) in [5.74, 6) is 0. The van der Waals surface area contributed by atoms with Crippen molar-refractivity contribution in [3.05, 3.63) is 21.9 Å². The quantitative estimate of drug-likeness (QED) is 0.833. The summed E-state index contributed by atoms with van der Waals surface area (Å²) < 4.78 is 35.5. The van der Waals surface area contributed by atoms with Gasteiger partial charge in [0, 0.05) is 16.2 Å². The minimum atomic E-state index is -4.19. The second-order valence-corrected chi connectivity index (χ2v) is 4.44. The average Bonchev–Trinajstić information content (AvgIpc) is 2.46. The minimum absolute atomic E-state index is 0.260. The summed E-state index contributed by atoms with van der Waals surface area (Å²) >= 11 is 1.33. The highest BCUT2D eigenvalue weighted by Gasteiger charge is 2.28. The van der Waals surface area contributed by atoms with Crippen LogP contribution < -0.4 is 0 Å². The molecule has 0 bridgehead atoms. The van der Waals surface area contributed by atoms with Crippen LogP contribution in [0.5, 0.6) is 0 Å². The Labute approximate surface area is 84.2 Å². The number of aryl methyl sites for hydroxylation is 1. The molecule has 0 saturated heterocycles. The lowest BCUT2D eigenvalue weighted by molar-refractivity contribution is -0.140. The first kappa shape index (κ1) is 11.5. The van der Waals surface area contributed by atoms with Crippen molar-refractivity contribution in [2.75, 3.05) is 0 Å². The fourth-order valence-corrected chi connectivity index (χ4v) is 1.97. The topological polar surface area (TPSA) is 20.2 Å². The first-order chi connectivity index (χ1) is 6.38. The molecule has 1 heterocycles. The normalized spacial score (nSPS) is 14.4. The van der Waals surface area contributed by atoms with Crippen LogP contribution >= 0.6 is 11.3 Å². The largest absolute Gasteiger partial charge is 0.389 e. The van der Waals surface area contributed by atoms with E-state index in [9.17, 15) is 18.3 Å². The van der Waals surface area contributed by atoms with Crippen LogP contribution in [0.25, 0.3) is 0 Å². The lowest BCUT2D eigenvalue weighted by Crippen LogP contribution is -2.09. The zero-order valence-electron chi connectivity index (χ0n) is 7.64. The van der Waals surface area contributed by atoms with Gasteiger partial charge >= 0.3 is 6.18 Å². The van der Waals surface area contributed by atoms with Crippen molar-refractivity contribution in [1.82, 2.24) is 0 Å². The molecule has 1 unspecified atom stereocenters. The third kappa shape index (κ3) is 3.67. The van der Waals surface area contributed by atoms with Crippen LogP contribution in [0, 0.1) is 6.92 Å². The van der Waals surface area contributed by atoms with Gasteiger partial charge in [-0.3, -0.25) is 0 Å². The summed E-state index contributed by atoms with van der Waals surface area (Å²) in [5.41, 5.74) is 0. The Hall–Kier alpha value is -0.550. The zero-order valence-corrected chi connectivity index (χ0v) is 8.45. The Bertz CT molecular complexity index is 292. The molecule has 0 radical (unpaired) electrons. The van der Waals surface area contributed by atoms with Gasteiger partial charge in [0.25, 0.3) is 0 Å². The average molecular weight is 224 g/mol. The van der Waals surface area contributed by atoms with Gasteiger partial charge < -0.3 is 5.11 Å². The van der Waals surface area contributed by atoms with Crippen LogP contribution in [-0.4, -0.2) is 11.3 Å². The van der Waals surface area contributed by atoms with E-state index in [-0.39, 0.29) is 6.42 Å². The van der Waals surface area contributed by atoms with E-state index in [1.807, 2.05) is 6.92 Å². The number of alkyl halides is 3. The minimum Gasteiger partial charge on any atom is -0.388 e. The molecule has 5 heteroatoms. The Morgan fingerprint density at radius 2 is 2.07 bits per heavy atom. The molecule has 0 aliphatic heterocycles. The van der Waals surface area contributed by atoms with Gasteiger partial charge in [-0.2, -0.15) is 13.2 Å². The molecule has 1 nitrogen and oxygen atoms in total. The van der Waals surface area contributed by atoms with Gasteiger partial charge in [0.05, 0.1) is 6.10 Å². The maximum absolute atomic E-state index is 11.8. The summed E-state index contributed by atoms with van der Waals surface area (Å²) in [4.78, 5) is 1.60. The summed E-state index contributed by atoms with van der Waals surface area (Å²) in [6, 6.07) is 3.46. The molecule has 0 aromatic carbocycles. The molecule has 1 aromatic heterocycles. The Kier molecular flexibility index (Phi) is 3.55. The lowest BCUT2D eigenvalue weighted by Gasteiger charge is -2.10. The van der Waals surface area contributed by atoms with Crippen LogP contribution in [-0.2, 0) is 0 Å². The number of rotatable bonds is 3. The van der Waals surface area contributed by atoms with Gasteiger partial charge in [0.1, 0.15) is 0 Å². The highest BCUT2D eigenvalue weighted by molar-refractivity contribution is 7.11. The predicted molar refractivity (Wildman–Crippen MR) is 49.3 cm³/mol. The molecule has 0 spiro atoms. The van der Waals surface area contributed by atoms with E-state index in [0.29, 0.717) is 4.88 Å². The molecular formula is C9H11F3OS. The predicted octanol–water partition coefficient (Wildman–Crippen LogP) is 3.43. The number of halogens is 3. The zero-order chi connectivity index (χ0) is 10.8. The molecule has 80 valence electrons. The van der Waals surface area contributed by atoms with Gasteiger partial charge in [-0.25, -0.2) is 0 Å². The van der Waals surface area contributed by atoms with Crippen LogP contribution in [0.3, 0.4) is 0 Å². The number of hydrogen-bond acceptors (Lipinski definition) is 2. The summed E-state index contributed by atoms with van der Waals surface area (Å²) in [5, 5.41) is 9.41. The first-order valence-corrected chi connectivity index (χ1v) is 5.01. The fourth-order valence-electron chi connectivity index (χ4n) is 1.08. The van der Waals surface area contributed by atoms with Crippen LogP contribution in [0.4, 0.5) is 13.2 Å². The highest BCUT2D eigenvalue weighted by atomic mass is 32.1. The third-order valence-electron chi connectivity index (χ3n) is 1.79. The summed E-state index contributed by atoms with van der Waals surface area (Å²) in [6.07, 6.45) is -6.38. The van der Waals surface area contributed by atoms with Crippen molar-refractivity contribution in [1.29, 1.82) is 0 Å². The number of hydrogen-bond donors (Lipinski definition) is 1. The van der Waals surface area contributed by atoms with Crippen molar-refractivity contribution in [3.63, 3.8) is 0 Å². The van der Waals surface area contributed by atoms with Crippen molar-refractivity contribution in [3.8, 4) is 0 Å². The van der Waals surface area contributed by atoms with Crippen molar-refractivity contribution < 1.29 is 18.3 Å². The van der Waals surface area contributed by atoms with Gasteiger partial charge in [0.2, 0.25) is 0 Å². The highest BCUT2D eigenvalue weighted by Crippen LogP contribution is 2.30. The fraction of sp³-hybridized carbons (Fsp3) is 0.556. The second-order valence-electron chi connectivity index (χ2n) is 3.12. The first-order valence-electron chi connectivity index (χ1n) is 4.19. The van der Waals surface area contributed by atoms with Crippen molar-refractivity contribution in [2.45, 2.75) is 32.0 Å². The van der Waals surface area contributed by atoms with E-state index in [1.165, 1.54) is 11.3 Å². The SMILES string of the molecule is Cc1ccc(C(O)CCC(F)(F)F)s1. The second kappa shape index (κ2) is 4.31. The number of thiophene rings is 1. The maximum atomic E-state index is 11.8. The standard InChI is InChI=1S/C9H11F3OS/c1-6-2-3-8(14-6)7(13)4-5-9(10,11)12/h2-3,7,13H,4-5H2,1H3. The molecule has 1 N–H and O–H groups in total. The van der Waals surface area contributed by atoms with E-state index >= 15 is 0 Å². The summed E-state index contributed by atoms with van der Waals surface area (Å²) in [6.45, 7) is 1.85. The smallest absolute Gasteiger partial charge is 0.388 e. The van der Waals surface area contributed by atoms with Crippen LogP contribution in [0.15, 0.2) is 12.1 Å². The monoisotopic (exact) mass is 224 g/mol. The molecule has 1 rings (SSSR count). The van der Waals surface area contributed by atoms with Gasteiger partial charge in [-0.05, 0) is 25.5 Å². The van der Waals surface area contributed by atoms with Gasteiger partial charge in [0.15, 0.2) is 0 Å². The maximum Gasteiger partial charge on any atom is 0.389 e. The van der Waals surface area contributed by atoms with Gasteiger partial charge in [-0.15, -0.1) is 11.3 Å². The van der Waals surface area contributed by atoms with E-state index in [0.717, 1.165) is 4.88 Å². The Balaban J connectivity index is 2.47. The number of aliphatic hydroxyl groups excluding tert-OH is 1. The third-order valence-corrected chi connectivity index (χ3v) is 2.89. The van der Waals surface area contributed by atoms with Crippen molar-refractivity contribution in [2.24, 2.45) is 0 Å². The molecule has 0 saturated carbocycles. The Morgan fingerprint density at radius 1 is 1.43 bits per heavy atom. The van der Waals surface area contributed by atoms with Gasteiger partial charge in [-0.1, -0.05) is 0 Å². The Morgan fingerprint density at radius 3 is 2.50 bits per heavy atom. The van der Waals surface area contributed by atoms with Crippen LogP contribution in [0.1, 0.15) is 28.7 Å². The lowest BCUT2D eigenvalue weighted by atomic mass is 10.1. The van der Waals surface area contributed by atoms with Crippen molar-refractivity contribution >= 4 is 11.3 Å². The molecule has 0 amide bonds. The van der Waals surface area contributed by atoms with E-state index in [2.05, 4.69) is 0 Å². The van der Waals surface area contributed by atoms with Crippen LogP contribution in [0.2, 0.25) is 0 Å². The molecule has 0 aliphatic rings.